The SMILES string of the molecule is O=C(O)Cc1ccccc1C(=O)Nc1ccc(Oc2ccc(NC(=O)C3CCCCC3C(=O)O)cc2)cc1. The number of nitrogens with one attached hydrogen (secondary N) is 2. The van der Waals surface area contributed by atoms with Crippen molar-refractivity contribution in [3.63, 3.8) is 0 Å². The molecule has 2 unspecified atom stereocenters. The molecule has 1 aliphatic carbocycles. The monoisotopic (exact) mass is 516 g/mol. The predicted octanol–water partition coefficient (Wildman–Crippen LogP) is 5.19. The Labute approximate surface area is 219 Å². The van der Waals surface area contributed by atoms with Gasteiger partial charge in [-0.2, -0.15) is 0 Å². The lowest BCUT2D eigenvalue weighted by Gasteiger charge is -2.27. The number of hydrogen-bond acceptors (Lipinski definition) is 5. The van der Waals surface area contributed by atoms with Crippen LogP contribution in [0, 0.1) is 11.8 Å². The van der Waals surface area contributed by atoms with Crippen LogP contribution < -0.4 is 15.4 Å². The van der Waals surface area contributed by atoms with E-state index in [1.165, 1.54) is 0 Å². The van der Waals surface area contributed by atoms with E-state index in [0.717, 1.165) is 12.8 Å². The number of anilines is 2. The lowest BCUT2D eigenvalue weighted by molar-refractivity contribution is -0.147. The zero-order valence-electron chi connectivity index (χ0n) is 20.6. The Morgan fingerprint density at radius 1 is 0.737 bits per heavy atom. The smallest absolute Gasteiger partial charge is 0.307 e. The maximum Gasteiger partial charge on any atom is 0.307 e. The third-order valence-electron chi connectivity index (χ3n) is 6.49. The minimum Gasteiger partial charge on any atom is -0.481 e. The van der Waals surface area contributed by atoms with E-state index in [1.54, 1.807) is 72.8 Å². The minimum atomic E-state index is -1.02. The highest BCUT2D eigenvalue weighted by atomic mass is 16.5. The number of hydrogen-bond donors (Lipinski definition) is 4. The third-order valence-corrected chi connectivity index (χ3v) is 6.49. The number of ether oxygens (including phenoxy) is 1. The Hall–Kier alpha value is -4.66. The van der Waals surface area contributed by atoms with Crippen LogP contribution in [-0.4, -0.2) is 34.0 Å². The van der Waals surface area contributed by atoms with Gasteiger partial charge in [0, 0.05) is 16.9 Å². The Morgan fingerprint density at radius 3 is 1.87 bits per heavy atom. The van der Waals surface area contributed by atoms with Crippen LogP contribution in [0.2, 0.25) is 0 Å². The van der Waals surface area contributed by atoms with E-state index in [-0.39, 0.29) is 12.3 Å². The van der Waals surface area contributed by atoms with Gasteiger partial charge >= 0.3 is 11.9 Å². The third kappa shape index (κ3) is 6.76. The first-order valence-electron chi connectivity index (χ1n) is 12.3. The van der Waals surface area contributed by atoms with Gasteiger partial charge in [0.25, 0.3) is 5.91 Å². The van der Waals surface area contributed by atoms with Crippen molar-refractivity contribution in [3.8, 4) is 11.5 Å². The summed E-state index contributed by atoms with van der Waals surface area (Å²) >= 11 is 0. The van der Waals surface area contributed by atoms with Gasteiger partial charge in [0.2, 0.25) is 5.91 Å². The molecule has 3 aromatic rings. The van der Waals surface area contributed by atoms with Crippen LogP contribution in [0.4, 0.5) is 11.4 Å². The maximum absolute atomic E-state index is 12.7. The molecule has 1 saturated carbocycles. The zero-order chi connectivity index (χ0) is 27.1. The van der Waals surface area contributed by atoms with Crippen molar-refractivity contribution in [1.82, 2.24) is 0 Å². The summed E-state index contributed by atoms with van der Waals surface area (Å²) in [6.07, 6.45) is 2.49. The van der Waals surface area contributed by atoms with Crippen LogP contribution in [0.5, 0.6) is 11.5 Å². The Morgan fingerprint density at radius 2 is 1.29 bits per heavy atom. The summed E-state index contributed by atoms with van der Waals surface area (Å²) in [7, 11) is 0. The van der Waals surface area contributed by atoms with Gasteiger partial charge in [0.15, 0.2) is 0 Å². The number of aliphatic carboxylic acids is 2. The van der Waals surface area contributed by atoms with Gasteiger partial charge in [-0.1, -0.05) is 31.0 Å². The molecule has 0 aliphatic heterocycles. The highest BCUT2D eigenvalue weighted by molar-refractivity contribution is 6.05. The summed E-state index contributed by atoms with van der Waals surface area (Å²) in [4.78, 5) is 47.9. The second-order valence-electron chi connectivity index (χ2n) is 9.16. The van der Waals surface area contributed by atoms with Gasteiger partial charge in [-0.25, -0.2) is 0 Å². The minimum absolute atomic E-state index is 0.248. The molecule has 0 bridgehead atoms. The lowest BCUT2D eigenvalue weighted by atomic mass is 9.78. The molecule has 9 heteroatoms. The summed E-state index contributed by atoms with van der Waals surface area (Å²) in [5.41, 5.74) is 1.80. The van der Waals surface area contributed by atoms with Crippen molar-refractivity contribution in [3.05, 3.63) is 83.9 Å². The van der Waals surface area contributed by atoms with Crippen molar-refractivity contribution in [2.45, 2.75) is 32.1 Å². The first kappa shape index (κ1) is 26.4. The molecule has 4 rings (SSSR count). The Balaban J connectivity index is 1.33. The molecule has 1 fully saturated rings. The first-order chi connectivity index (χ1) is 18.3. The van der Waals surface area contributed by atoms with Gasteiger partial charge in [-0.15, -0.1) is 0 Å². The molecule has 2 amide bonds. The summed E-state index contributed by atoms with van der Waals surface area (Å²) in [6, 6.07) is 20.0. The van der Waals surface area contributed by atoms with Gasteiger partial charge in [-0.05, 0) is 73.0 Å². The van der Waals surface area contributed by atoms with E-state index in [4.69, 9.17) is 9.84 Å². The van der Waals surface area contributed by atoms with Gasteiger partial charge in [-0.3, -0.25) is 19.2 Å². The summed E-state index contributed by atoms with van der Waals surface area (Å²) < 4.78 is 5.84. The fraction of sp³-hybridized carbons (Fsp3) is 0.241. The molecular formula is C29H28N2O7. The van der Waals surface area contributed by atoms with Crippen LogP contribution in [0.15, 0.2) is 72.8 Å². The van der Waals surface area contributed by atoms with Crippen LogP contribution >= 0.6 is 0 Å². The van der Waals surface area contributed by atoms with E-state index in [1.807, 2.05) is 0 Å². The standard InChI is InChI=1S/C29H28N2O7/c32-26(33)17-18-5-1-2-6-23(18)27(34)30-19-9-13-21(14-10-19)38-22-15-11-20(12-16-22)31-28(35)24-7-3-4-8-25(24)29(36)37/h1-2,5-6,9-16,24-25H,3-4,7-8,17H2,(H,30,34)(H,31,35)(H,32,33)(H,36,37). The van der Waals surface area contributed by atoms with Crippen LogP contribution in [0.25, 0.3) is 0 Å². The first-order valence-corrected chi connectivity index (χ1v) is 12.3. The lowest BCUT2D eigenvalue weighted by Crippen LogP contribution is -2.36. The van der Waals surface area contributed by atoms with E-state index in [9.17, 15) is 24.3 Å². The molecule has 38 heavy (non-hydrogen) atoms. The normalized spacial score (nSPS) is 16.7. The molecule has 1 aliphatic rings. The van der Waals surface area contributed by atoms with Crippen molar-refractivity contribution >= 4 is 35.1 Å². The number of amides is 2. The van der Waals surface area contributed by atoms with Gasteiger partial charge in [0.05, 0.1) is 18.3 Å². The highest BCUT2D eigenvalue weighted by Gasteiger charge is 2.35. The number of rotatable bonds is 9. The fourth-order valence-corrected chi connectivity index (χ4v) is 4.58. The van der Waals surface area contributed by atoms with Crippen molar-refractivity contribution in [2.24, 2.45) is 11.8 Å². The van der Waals surface area contributed by atoms with E-state index in [2.05, 4.69) is 10.6 Å². The van der Waals surface area contributed by atoms with E-state index < -0.39 is 29.7 Å². The highest BCUT2D eigenvalue weighted by Crippen LogP contribution is 2.32. The second-order valence-corrected chi connectivity index (χ2v) is 9.16. The van der Waals surface area contributed by atoms with Gasteiger partial charge < -0.3 is 25.6 Å². The number of carboxylic acids is 2. The molecule has 196 valence electrons. The number of carbonyl (C=O) groups is 4. The summed E-state index contributed by atoms with van der Waals surface area (Å²) in [6.45, 7) is 0. The van der Waals surface area contributed by atoms with Crippen LogP contribution in [0.1, 0.15) is 41.6 Å². The number of benzene rings is 3. The molecule has 4 N–H and O–H groups in total. The molecule has 2 atom stereocenters. The molecule has 0 aromatic heterocycles. The number of carbonyl (C=O) groups excluding carboxylic acids is 2. The largest absolute Gasteiger partial charge is 0.481 e. The fourth-order valence-electron chi connectivity index (χ4n) is 4.58. The van der Waals surface area contributed by atoms with Crippen molar-refractivity contribution in [1.29, 1.82) is 0 Å². The average molecular weight is 517 g/mol. The molecule has 0 radical (unpaired) electrons. The summed E-state index contributed by atoms with van der Waals surface area (Å²) in [5.74, 6) is -2.77. The average Bonchev–Trinajstić information content (AvgIpc) is 2.91. The predicted molar refractivity (Wildman–Crippen MR) is 140 cm³/mol. The molecule has 9 nitrogen and oxygen atoms in total. The van der Waals surface area contributed by atoms with E-state index >= 15 is 0 Å². The zero-order valence-corrected chi connectivity index (χ0v) is 20.6. The quantitative estimate of drug-likeness (QED) is 0.307. The van der Waals surface area contributed by atoms with Crippen LogP contribution in [0.3, 0.4) is 0 Å². The number of carboxylic acid groups (broad SMARTS) is 2. The maximum atomic E-state index is 12.7. The Bertz CT molecular complexity index is 1320. The van der Waals surface area contributed by atoms with E-state index in [0.29, 0.717) is 46.8 Å². The topological polar surface area (TPSA) is 142 Å². The van der Waals surface area contributed by atoms with Gasteiger partial charge in [0.1, 0.15) is 11.5 Å². The second kappa shape index (κ2) is 12.1. The molecule has 3 aromatic carbocycles. The van der Waals surface area contributed by atoms with Crippen molar-refractivity contribution in [2.75, 3.05) is 10.6 Å². The molecule has 0 spiro atoms. The Kier molecular flexibility index (Phi) is 8.37. The van der Waals surface area contributed by atoms with Crippen molar-refractivity contribution < 1.29 is 34.1 Å². The molecule has 0 heterocycles. The molecular weight excluding hydrogens is 488 g/mol. The molecule has 0 saturated heterocycles. The van der Waals surface area contributed by atoms with Crippen LogP contribution in [-0.2, 0) is 20.8 Å². The summed E-state index contributed by atoms with van der Waals surface area (Å²) in [5, 5.41) is 24.1.